The third kappa shape index (κ3) is 3.27. The minimum atomic E-state index is -1.26. The summed E-state index contributed by atoms with van der Waals surface area (Å²) < 4.78 is 7.21. The molecule has 3 aromatic rings. The van der Waals surface area contributed by atoms with Crippen molar-refractivity contribution in [3.05, 3.63) is 42.2 Å². The number of aliphatic hydroxyl groups excluding tert-OH is 3. The first kappa shape index (κ1) is 18.6. The van der Waals surface area contributed by atoms with Crippen molar-refractivity contribution in [2.24, 2.45) is 0 Å². The standard InChI is InChI=1S/C18H22N6O4/c19-15-12-16(22-9-21-15)24(17-14(27)13(26)11(8-25)28-17)18(23-12)20-7-6-10-4-2-1-3-5-10/h1-5,9,11,13-14,17,25-27H,6-8H2,(H,20,23)(H2,19,21,22). The average molecular weight is 386 g/mol. The van der Waals surface area contributed by atoms with Gasteiger partial charge in [-0.3, -0.25) is 4.57 Å². The Labute approximate surface area is 160 Å². The van der Waals surface area contributed by atoms with Gasteiger partial charge >= 0.3 is 0 Å². The Morgan fingerprint density at radius 1 is 1.14 bits per heavy atom. The van der Waals surface area contributed by atoms with E-state index in [1.54, 1.807) is 4.57 Å². The van der Waals surface area contributed by atoms with E-state index in [4.69, 9.17) is 10.5 Å². The van der Waals surface area contributed by atoms with Crippen molar-refractivity contribution in [3.63, 3.8) is 0 Å². The van der Waals surface area contributed by atoms with Gasteiger partial charge in [-0.05, 0) is 12.0 Å². The molecule has 2 aromatic heterocycles. The number of aliphatic hydroxyl groups is 3. The van der Waals surface area contributed by atoms with E-state index >= 15 is 0 Å². The van der Waals surface area contributed by atoms with Crippen molar-refractivity contribution in [2.75, 3.05) is 24.2 Å². The third-order valence-corrected chi connectivity index (χ3v) is 4.82. The molecule has 28 heavy (non-hydrogen) atoms. The van der Waals surface area contributed by atoms with Crippen LogP contribution in [-0.2, 0) is 11.2 Å². The Hall–Kier alpha value is -2.79. The molecule has 0 aliphatic carbocycles. The number of nitrogen functional groups attached to an aromatic ring is 1. The van der Waals surface area contributed by atoms with Crippen LogP contribution in [0.5, 0.6) is 0 Å². The first-order chi connectivity index (χ1) is 13.6. The molecule has 10 heteroatoms. The van der Waals surface area contributed by atoms with Gasteiger partial charge in [0.15, 0.2) is 23.2 Å². The van der Waals surface area contributed by atoms with Crippen LogP contribution in [0.15, 0.2) is 36.7 Å². The summed E-state index contributed by atoms with van der Waals surface area (Å²) in [6.45, 7) is 0.144. The predicted octanol–water partition coefficient (Wildman–Crippen LogP) is -0.325. The average Bonchev–Trinajstić information content (AvgIpc) is 3.21. The van der Waals surface area contributed by atoms with Gasteiger partial charge in [-0.15, -0.1) is 0 Å². The summed E-state index contributed by atoms with van der Waals surface area (Å²) in [5.41, 5.74) is 7.81. The van der Waals surface area contributed by atoms with Crippen molar-refractivity contribution in [1.29, 1.82) is 0 Å². The number of benzene rings is 1. The highest BCUT2D eigenvalue weighted by molar-refractivity contribution is 5.84. The summed E-state index contributed by atoms with van der Waals surface area (Å²) in [6.07, 6.45) is -2.34. The second kappa shape index (κ2) is 7.68. The second-order valence-electron chi connectivity index (χ2n) is 6.63. The Morgan fingerprint density at radius 3 is 2.64 bits per heavy atom. The largest absolute Gasteiger partial charge is 0.394 e. The van der Waals surface area contributed by atoms with E-state index in [1.807, 2.05) is 30.3 Å². The van der Waals surface area contributed by atoms with Crippen LogP contribution in [0, 0.1) is 0 Å². The number of hydrogen-bond acceptors (Lipinski definition) is 9. The highest BCUT2D eigenvalue weighted by Gasteiger charge is 2.45. The van der Waals surface area contributed by atoms with Gasteiger partial charge in [0, 0.05) is 6.54 Å². The Balaban J connectivity index is 1.66. The molecule has 10 nitrogen and oxygen atoms in total. The molecule has 0 saturated carbocycles. The van der Waals surface area contributed by atoms with Gasteiger partial charge < -0.3 is 31.1 Å². The third-order valence-electron chi connectivity index (χ3n) is 4.82. The maximum Gasteiger partial charge on any atom is 0.207 e. The van der Waals surface area contributed by atoms with Gasteiger partial charge in [0.05, 0.1) is 6.61 Å². The molecule has 4 rings (SSSR count). The van der Waals surface area contributed by atoms with Crippen LogP contribution in [0.2, 0.25) is 0 Å². The number of hydrogen-bond donors (Lipinski definition) is 5. The molecule has 4 unspecified atom stereocenters. The summed E-state index contributed by atoms with van der Waals surface area (Å²) in [6, 6.07) is 9.96. The second-order valence-corrected chi connectivity index (χ2v) is 6.63. The predicted molar refractivity (Wildman–Crippen MR) is 101 cm³/mol. The summed E-state index contributed by atoms with van der Waals surface area (Å²) >= 11 is 0. The number of rotatable bonds is 6. The topological polar surface area (TPSA) is 152 Å². The lowest BCUT2D eigenvalue weighted by molar-refractivity contribution is -0.0501. The van der Waals surface area contributed by atoms with E-state index in [-0.39, 0.29) is 5.82 Å². The molecule has 148 valence electrons. The number of nitrogens with zero attached hydrogens (tertiary/aromatic N) is 4. The van der Waals surface area contributed by atoms with E-state index in [9.17, 15) is 15.3 Å². The first-order valence-electron chi connectivity index (χ1n) is 8.98. The molecule has 4 atom stereocenters. The molecule has 1 aliphatic rings. The number of fused-ring (bicyclic) bond motifs is 1. The lowest BCUT2D eigenvalue weighted by Gasteiger charge is -2.19. The van der Waals surface area contributed by atoms with Crippen LogP contribution >= 0.6 is 0 Å². The van der Waals surface area contributed by atoms with Gasteiger partial charge in [-0.2, -0.15) is 0 Å². The molecule has 3 heterocycles. The molecular formula is C18H22N6O4. The lowest BCUT2D eigenvalue weighted by atomic mass is 10.1. The molecule has 0 amide bonds. The molecule has 1 aliphatic heterocycles. The fraction of sp³-hybridized carbons (Fsp3) is 0.389. The molecule has 1 saturated heterocycles. The van der Waals surface area contributed by atoms with E-state index in [0.717, 1.165) is 12.0 Å². The van der Waals surface area contributed by atoms with E-state index < -0.39 is 31.1 Å². The Bertz CT molecular complexity index is 950. The molecule has 1 aromatic carbocycles. The Morgan fingerprint density at radius 2 is 1.93 bits per heavy atom. The zero-order valence-corrected chi connectivity index (χ0v) is 15.0. The zero-order chi connectivity index (χ0) is 19.7. The fourth-order valence-electron chi connectivity index (χ4n) is 3.35. The molecular weight excluding hydrogens is 364 g/mol. The van der Waals surface area contributed by atoms with Crippen molar-refractivity contribution in [3.8, 4) is 0 Å². The minimum Gasteiger partial charge on any atom is -0.394 e. The van der Waals surface area contributed by atoms with Crippen LogP contribution < -0.4 is 11.1 Å². The van der Waals surface area contributed by atoms with Gasteiger partial charge in [0.2, 0.25) is 5.95 Å². The van der Waals surface area contributed by atoms with Gasteiger partial charge in [-0.1, -0.05) is 30.3 Å². The zero-order valence-electron chi connectivity index (χ0n) is 15.0. The smallest absolute Gasteiger partial charge is 0.207 e. The van der Waals surface area contributed by atoms with Crippen LogP contribution in [0.3, 0.4) is 0 Å². The van der Waals surface area contributed by atoms with Crippen molar-refractivity contribution in [2.45, 2.75) is 31.0 Å². The summed E-state index contributed by atoms with van der Waals surface area (Å²) in [7, 11) is 0. The van der Waals surface area contributed by atoms with Crippen LogP contribution in [0.25, 0.3) is 11.2 Å². The van der Waals surface area contributed by atoms with Gasteiger partial charge in [0.1, 0.15) is 24.6 Å². The Kier molecular flexibility index (Phi) is 5.09. The van der Waals surface area contributed by atoms with Crippen LogP contribution in [0.1, 0.15) is 11.8 Å². The van der Waals surface area contributed by atoms with Crippen LogP contribution in [0.4, 0.5) is 11.8 Å². The number of aromatic nitrogens is 4. The SMILES string of the molecule is Nc1ncnc2c1nc(NCCc1ccccc1)n2C1OC(CO)C(O)C1O. The minimum absolute atomic E-state index is 0.196. The van der Waals surface area contributed by atoms with Crippen molar-refractivity contribution < 1.29 is 20.1 Å². The highest BCUT2D eigenvalue weighted by atomic mass is 16.6. The summed E-state index contributed by atoms with van der Waals surface area (Å²) in [5, 5.41) is 33.2. The molecule has 0 radical (unpaired) electrons. The number of nitrogens with one attached hydrogen (secondary N) is 1. The van der Waals surface area contributed by atoms with Crippen molar-refractivity contribution >= 4 is 22.9 Å². The summed E-state index contributed by atoms with van der Waals surface area (Å²) in [4.78, 5) is 12.6. The van der Waals surface area contributed by atoms with E-state index in [0.29, 0.717) is 23.7 Å². The first-order valence-corrected chi connectivity index (χ1v) is 8.98. The van der Waals surface area contributed by atoms with Crippen molar-refractivity contribution in [1.82, 2.24) is 19.5 Å². The van der Waals surface area contributed by atoms with Crippen LogP contribution in [-0.4, -0.2) is 66.3 Å². The number of anilines is 2. The normalized spacial score (nSPS) is 24.7. The molecule has 0 bridgehead atoms. The molecule has 0 spiro atoms. The number of imidazole rings is 1. The number of nitrogens with two attached hydrogens (primary N) is 1. The van der Waals surface area contributed by atoms with Gasteiger partial charge in [-0.25, -0.2) is 15.0 Å². The fourth-order valence-corrected chi connectivity index (χ4v) is 3.35. The van der Waals surface area contributed by atoms with Gasteiger partial charge in [0.25, 0.3) is 0 Å². The summed E-state index contributed by atoms with van der Waals surface area (Å²) in [5.74, 6) is 0.578. The van der Waals surface area contributed by atoms with E-state index in [1.165, 1.54) is 6.33 Å². The number of ether oxygens (including phenoxy) is 1. The lowest BCUT2D eigenvalue weighted by Crippen LogP contribution is -2.33. The molecule has 6 N–H and O–H groups in total. The quantitative estimate of drug-likeness (QED) is 0.383. The monoisotopic (exact) mass is 386 g/mol. The highest BCUT2D eigenvalue weighted by Crippen LogP contribution is 2.35. The van der Waals surface area contributed by atoms with E-state index in [2.05, 4.69) is 20.3 Å². The molecule has 1 fully saturated rings. The maximum absolute atomic E-state index is 10.5. The maximum atomic E-state index is 10.5.